The molecule has 0 fully saturated rings. The standard InChI is InChI=1S/C6H4N4/c7-5-2-1-3-10-6(5)8-4-9-10/h1-4H. The molecule has 0 aliphatic heterocycles. The first-order chi connectivity index (χ1) is 4.88. The summed E-state index contributed by atoms with van der Waals surface area (Å²) in [6, 6.07) is 3.28. The predicted octanol–water partition coefficient (Wildman–Crippen LogP) is 0.429. The number of hydrogen-bond acceptors (Lipinski definition) is 2. The van der Waals surface area contributed by atoms with Crippen molar-refractivity contribution in [3.63, 3.8) is 0 Å². The summed E-state index contributed by atoms with van der Waals surface area (Å²) in [5.74, 6) is 0. The topological polar surface area (TPSA) is 52.5 Å². The van der Waals surface area contributed by atoms with E-state index in [0.29, 0.717) is 5.65 Å². The molecule has 2 aromatic heterocycles. The van der Waals surface area contributed by atoms with Crippen LogP contribution in [-0.4, -0.2) is 14.6 Å². The van der Waals surface area contributed by atoms with Crippen LogP contribution in [0, 0.1) is 0 Å². The minimum absolute atomic E-state index is 0.153. The summed E-state index contributed by atoms with van der Waals surface area (Å²) in [7, 11) is 0. The zero-order chi connectivity index (χ0) is 6.97. The lowest BCUT2D eigenvalue weighted by Gasteiger charge is -1.89. The van der Waals surface area contributed by atoms with Crippen LogP contribution in [-0.2, 0) is 0 Å². The van der Waals surface area contributed by atoms with Gasteiger partial charge in [0.2, 0.25) is 0 Å². The van der Waals surface area contributed by atoms with Crippen LogP contribution in [0.25, 0.3) is 5.65 Å². The van der Waals surface area contributed by atoms with Gasteiger partial charge in [-0.25, -0.2) is 9.50 Å². The van der Waals surface area contributed by atoms with E-state index in [1.165, 1.54) is 10.8 Å². The Labute approximate surface area is 57.3 Å². The first-order valence-corrected chi connectivity index (χ1v) is 2.85. The maximum atomic E-state index is 9.14. The third-order valence-electron chi connectivity index (χ3n) is 1.28. The summed E-state index contributed by atoms with van der Waals surface area (Å²) in [6.07, 6.45) is 3.12. The van der Waals surface area contributed by atoms with Crippen LogP contribution >= 0.6 is 0 Å². The molecular weight excluding hydrogens is 128 g/mol. The lowest BCUT2D eigenvalue weighted by atomic mass is 10.4. The first kappa shape index (κ1) is 5.22. The van der Waals surface area contributed by atoms with Gasteiger partial charge >= 0.3 is 0 Å². The van der Waals surface area contributed by atoms with Crippen LogP contribution in [0.5, 0.6) is 0 Å². The van der Waals surface area contributed by atoms with E-state index in [-0.39, 0.29) is 5.69 Å². The lowest BCUT2D eigenvalue weighted by molar-refractivity contribution is 0.960. The van der Waals surface area contributed by atoms with Crippen LogP contribution in [0.1, 0.15) is 0 Å². The molecule has 0 saturated carbocycles. The SMILES string of the molecule is [N]c1cccn2ncnc12. The van der Waals surface area contributed by atoms with Gasteiger partial charge in [0.15, 0.2) is 5.65 Å². The molecule has 2 heterocycles. The van der Waals surface area contributed by atoms with Crippen LogP contribution in [0.3, 0.4) is 0 Å². The van der Waals surface area contributed by atoms with Gasteiger partial charge in [0, 0.05) is 6.20 Å². The van der Waals surface area contributed by atoms with Gasteiger partial charge in [-0.15, -0.1) is 5.73 Å². The molecule has 2 radical (unpaired) electrons. The van der Waals surface area contributed by atoms with E-state index in [1.54, 1.807) is 18.3 Å². The predicted molar refractivity (Wildman–Crippen MR) is 34.8 cm³/mol. The molecule has 48 valence electrons. The highest BCUT2D eigenvalue weighted by molar-refractivity contribution is 5.60. The van der Waals surface area contributed by atoms with Crippen molar-refractivity contribution in [3.05, 3.63) is 24.7 Å². The number of fused-ring (bicyclic) bond motifs is 1. The minimum Gasteiger partial charge on any atom is -0.219 e. The number of aromatic nitrogens is 3. The Balaban J connectivity index is 2.95. The van der Waals surface area contributed by atoms with E-state index in [9.17, 15) is 0 Å². The van der Waals surface area contributed by atoms with Crippen molar-refractivity contribution in [2.45, 2.75) is 0 Å². The molecule has 2 rings (SSSR count). The number of nitrogens with zero attached hydrogens (tertiary/aromatic N) is 4. The summed E-state index contributed by atoms with van der Waals surface area (Å²) in [6.45, 7) is 0. The van der Waals surface area contributed by atoms with Crippen LogP contribution in [0.4, 0.5) is 5.69 Å². The van der Waals surface area contributed by atoms with Crippen molar-refractivity contribution in [2.75, 3.05) is 0 Å². The molecule has 0 bridgehead atoms. The molecule has 0 amide bonds. The van der Waals surface area contributed by atoms with Crippen molar-refractivity contribution in [2.24, 2.45) is 0 Å². The largest absolute Gasteiger partial charge is 0.219 e. The Bertz CT molecular complexity index is 351. The Morgan fingerprint density at radius 3 is 3.20 bits per heavy atom. The Kier molecular flexibility index (Phi) is 0.887. The van der Waals surface area contributed by atoms with Crippen molar-refractivity contribution in [3.8, 4) is 0 Å². The minimum atomic E-state index is 0.153. The molecule has 10 heavy (non-hydrogen) atoms. The van der Waals surface area contributed by atoms with Gasteiger partial charge in [-0.1, -0.05) is 0 Å². The average Bonchev–Trinajstić information content (AvgIpc) is 2.36. The third kappa shape index (κ3) is 0.556. The normalized spacial score (nSPS) is 10.4. The van der Waals surface area contributed by atoms with E-state index in [1.807, 2.05) is 0 Å². The Morgan fingerprint density at radius 1 is 1.50 bits per heavy atom. The molecule has 0 unspecified atom stereocenters. The maximum Gasteiger partial charge on any atom is 0.182 e. The van der Waals surface area contributed by atoms with Gasteiger partial charge < -0.3 is 0 Å². The zero-order valence-electron chi connectivity index (χ0n) is 5.10. The highest BCUT2D eigenvalue weighted by Gasteiger charge is 1.97. The maximum absolute atomic E-state index is 9.14. The summed E-state index contributed by atoms with van der Waals surface area (Å²) < 4.78 is 1.51. The van der Waals surface area contributed by atoms with Crippen LogP contribution in [0.15, 0.2) is 24.7 Å². The molecule has 0 N–H and O–H groups in total. The van der Waals surface area contributed by atoms with E-state index < -0.39 is 0 Å². The average molecular weight is 132 g/mol. The fourth-order valence-electron chi connectivity index (χ4n) is 0.833. The van der Waals surface area contributed by atoms with Gasteiger partial charge in [0.05, 0.1) is 0 Å². The third-order valence-corrected chi connectivity index (χ3v) is 1.28. The molecule has 0 atom stereocenters. The molecule has 4 heteroatoms. The second-order valence-corrected chi connectivity index (χ2v) is 1.92. The highest BCUT2D eigenvalue weighted by atomic mass is 15.3. The fraction of sp³-hybridized carbons (Fsp3) is 0. The molecule has 0 aliphatic rings. The smallest absolute Gasteiger partial charge is 0.182 e. The summed E-state index contributed by atoms with van der Waals surface area (Å²) >= 11 is 0. The number of pyridine rings is 1. The summed E-state index contributed by atoms with van der Waals surface area (Å²) in [4.78, 5) is 3.82. The molecule has 0 aliphatic carbocycles. The monoisotopic (exact) mass is 132 g/mol. The lowest BCUT2D eigenvalue weighted by Crippen LogP contribution is -1.85. The molecule has 0 aromatic carbocycles. The van der Waals surface area contributed by atoms with Crippen molar-refractivity contribution < 1.29 is 0 Å². The molecule has 0 spiro atoms. The Morgan fingerprint density at radius 2 is 2.40 bits per heavy atom. The van der Waals surface area contributed by atoms with Gasteiger partial charge in [-0.05, 0) is 12.1 Å². The van der Waals surface area contributed by atoms with Gasteiger partial charge in [-0.3, -0.25) is 0 Å². The second-order valence-electron chi connectivity index (χ2n) is 1.92. The fourth-order valence-corrected chi connectivity index (χ4v) is 0.833. The van der Waals surface area contributed by atoms with Gasteiger partial charge in [0.25, 0.3) is 0 Å². The van der Waals surface area contributed by atoms with Crippen LogP contribution < -0.4 is 5.73 Å². The summed E-state index contributed by atoms with van der Waals surface area (Å²) in [5, 5.41) is 3.83. The van der Waals surface area contributed by atoms with Crippen molar-refractivity contribution in [1.29, 1.82) is 0 Å². The van der Waals surface area contributed by atoms with E-state index in [0.717, 1.165) is 0 Å². The summed E-state index contributed by atoms with van der Waals surface area (Å²) in [5.41, 5.74) is 9.78. The molecule has 4 nitrogen and oxygen atoms in total. The van der Waals surface area contributed by atoms with E-state index >= 15 is 0 Å². The van der Waals surface area contributed by atoms with Gasteiger partial charge in [0.1, 0.15) is 12.0 Å². The van der Waals surface area contributed by atoms with E-state index in [2.05, 4.69) is 10.1 Å². The number of hydrogen-bond donors (Lipinski definition) is 0. The zero-order valence-corrected chi connectivity index (χ0v) is 5.10. The Hall–Kier alpha value is -1.58. The first-order valence-electron chi connectivity index (χ1n) is 2.85. The van der Waals surface area contributed by atoms with Crippen molar-refractivity contribution >= 4 is 11.3 Å². The highest BCUT2D eigenvalue weighted by Crippen LogP contribution is 2.08. The molecule has 2 aromatic rings. The molecule has 0 saturated heterocycles. The van der Waals surface area contributed by atoms with Crippen LogP contribution in [0.2, 0.25) is 0 Å². The van der Waals surface area contributed by atoms with Gasteiger partial charge in [-0.2, -0.15) is 5.10 Å². The van der Waals surface area contributed by atoms with Crippen molar-refractivity contribution in [1.82, 2.24) is 20.3 Å². The number of rotatable bonds is 0. The quantitative estimate of drug-likeness (QED) is 0.522. The molecular formula is C6H4N4. The second kappa shape index (κ2) is 1.70. The van der Waals surface area contributed by atoms with E-state index in [4.69, 9.17) is 5.73 Å².